The standard InChI is InChI=1S/C15H11BrF4N4OS/c1-6-13(16)24-9(25)4-8(21-14(24)26-6)5-23-11(7-2-3-7)10(17)12(22-23)15(18,19)20/h4,7H,2-3,5H2,1H3. The third-order valence-electron chi connectivity index (χ3n) is 4.15. The van der Waals surface area contributed by atoms with Gasteiger partial charge in [0, 0.05) is 16.9 Å². The average molecular weight is 451 g/mol. The van der Waals surface area contributed by atoms with Crippen LogP contribution in [-0.2, 0) is 12.7 Å². The molecule has 0 spiro atoms. The second-order valence-corrected chi connectivity index (χ2v) is 8.06. The summed E-state index contributed by atoms with van der Waals surface area (Å²) in [6, 6.07) is 1.23. The lowest BCUT2D eigenvalue weighted by Gasteiger charge is -2.06. The van der Waals surface area contributed by atoms with E-state index in [9.17, 15) is 22.4 Å². The van der Waals surface area contributed by atoms with Crippen molar-refractivity contribution in [3.05, 3.63) is 48.8 Å². The summed E-state index contributed by atoms with van der Waals surface area (Å²) in [4.78, 5) is 17.9. The number of rotatable bonds is 3. The highest BCUT2D eigenvalue weighted by atomic mass is 79.9. The van der Waals surface area contributed by atoms with Crippen molar-refractivity contribution < 1.29 is 17.6 Å². The van der Waals surface area contributed by atoms with Gasteiger partial charge in [-0.05, 0) is 35.7 Å². The summed E-state index contributed by atoms with van der Waals surface area (Å²) in [5.41, 5.74) is -1.71. The van der Waals surface area contributed by atoms with Crippen LogP contribution in [0.4, 0.5) is 17.6 Å². The molecule has 0 amide bonds. The van der Waals surface area contributed by atoms with Gasteiger partial charge in [0.25, 0.3) is 5.56 Å². The van der Waals surface area contributed by atoms with Gasteiger partial charge in [-0.25, -0.2) is 13.8 Å². The van der Waals surface area contributed by atoms with Crippen LogP contribution in [0.1, 0.15) is 40.7 Å². The zero-order chi connectivity index (χ0) is 18.8. The molecule has 11 heteroatoms. The Labute approximate surface area is 156 Å². The van der Waals surface area contributed by atoms with Gasteiger partial charge < -0.3 is 0 Å². The van der Waals surface area contributed by atoms with Crippen LogP contribution in [0.5, 0.6) is 0 Å². The summed E-state index contributed by atoms with van der Waals surface area (Å²) >= 11 is 4.58. The lowest BCUT2D eigenvalue weighted by atomic mass is 10.2. The molecule has 1 aliphatic carbocycles. The quantitative estimate of drug-likeness (QED) is 0.564. The molecule has 1 saturated carbocycles. The van der Waals surface area contributed by atoms with E-state index in [1.807, 2.05) is 6.92 Å². The summed E-state index contributed by atoms with van der Waals surface area (Å²) in [6.45, 7) is 1.62. The van der Waals surface area contributed by atoms with Gasteiger partial charge in [-0.15, -0.1) is 11.3 Å². The number of aryl methyl sites for hydroxylation is 1. The van der Waals surface area contributed by atoms with E-state index in [0.29, 0.717) is 22.4 Å². The van der Waals surface area contributed by atoms with Gasteiger partial charge in [0.2, 0.25) is 5.69 Å². The minimum absolute atomic E-state index is 0.0668. The van der Waals surface area contributed by atoms with E-state index in [2.05, 4.69) is 26.0 Å². The lowest BCUT2D eigenvalue weighted by Crippen LogP contribution is -2.17. The largest absolute Gasteiger partial charge is 0.438 e. The third kappa shape index (κ3) is 2.86. The number of hydrogen-bond donors (Lipinski definition) is 0. The first-order valence-electron chi connectivity index (χ1n) is 7.67. The van der Waals surface area contributed by atoms with Crippen molar-refractivity contribution in [3.63, 3.8) is 0 Å². The van der Waals surface area contributed by atoms with Crippen molar-refractivity contribution in [3.8, 4) is 0 Å². The molecule has 0 aliphatic heterocycles. The van der Waals surface area contributed by atoms with E-state index >= 15 is 0 Å². The van der Waals surface area contributed by atoms with Crippen LogP contribution in [-0.4, -0.2) is 19.2 Å². The first-order valence-corrected chi connectivity index (χ1v) is 9.28. The summed E-state index contributed by atoms with van der Waals surface area (Å²) in [7, 11) is 0. The van der Waals surface area contributed by atoms with Crippen LogP contribution >= 0.6 is 27.3 Å². The Morgan fingerprint density at radius 1 is 1.38 bits per heavy atom. The van der Waals surface area contributed by atoms with E-state index < -0.39 is 17.7 Å². The SMILES string of the molecule is Cc1sc2nc(Cn3nc(C(F)(F)F)c(F)c3C3CC3)cc(=O)n2c1Br. The normalized spacial score (nSPS) is 15.2. The predicted octanol–water partition coefficient (Wildman–Crippen LogP) is 4.11. The molecule has 3 aromatic heterocycles. The highest BCUT2D eigenvalue weighted by Gasteiger charge is 2.43. The van der Waals surface area contributed by atoms with Crippen molar-refractivity contribution >= 4 is 32.2 Å². The Bertz CT molecular complexity index is 1080. The van der Waals surface area contributed by atoms with Crippen LogP contribution in [0.15, 0.2) is 15.5 Å². The molecule has 0 saturated heterocycles. The van der Waals surface area contributed by atoms with E-state index in [1.54, 1.807) is 0 Å². The van der Waals surface area contributed by atoms with E-state index in [-0.39, 0.29) is 29.4 Å². The fourth-order valence-corrected chi connectivity index (χ4v) is 4.42. The molecule has 0 atom stereocenters. The molecule has 0 N–H and O–H groups in total. The van der Waals surface area contributed by atoms with Crippen LogP contribution in [0.3, 0.4) is 0 Å². The van der Waals surface area contributed by atoms with Gasteiger partial charge in [-0.3, -0.25) is 9.48 Å². The topological polar surface area (TPSA) is 52.2 Å². The molecule has 4 rings (SSSR count). The van der Waals surface area contributed by atoms with Crippen LogP contribution in [0.25, 0.3) is 4.96 Å². The van der Waals surface area contributed by atoms with Gasteiger partial charge in [0.1, 0.15) is 4.60 Å². The highest BCUT2D eigenvalue weighted by molar-refractivity contribution is 9.10. The minimum atomic E-state index is -4.87. The Hall–Kier alpha value is -1.75. The van der Waals surface area contributed by atoms with Gasteiger partial charge in [-0.1, -0.05) is 0 Å². The van der Waals surface area contributed by atoms with Gasteiger partial charge >= 0.3 is 6.18 Å². The molecule has 3 aromatic rings. The van der Waals surface area contributed by atoms with Gasteiger partial charge in [-0.2, -0.15) is 18.3 Å². The van der Waals surface area contributed by atoms with Crippen molar-refractivity contribution in [1.29, 1.82) is 0 Å². The number of hydrogen-bond acceptors (Lipinski definition) is 4. The number of halogens is 5. The number of aromatic nitrogens is 4. The predicted molar refractivity (Wildman–Crippen MR) is 90.0 cm³/mol. The third-order valence-corrected chi connectivity index (χ3v) is 6.32. The van der Waals surface area contributed by atoms with Crippen molar-refractivity contribution in [1.82, 2.24) is 19.2 Å². The molecular formula is C15H11BrF4N4OS. The summed E-state index contributed by atoms with van der Waals surface area (Å²) in [6.07, 6.45) is -3.64. The fourth-order valence-electron chi connectivity index (χ4n) is 2.83. The van der Waals surface area contributed by atoms with E-state index in [4.69, 9.17) is 0 Å². The number of alkyl halides is 3. The number of nitrogens with zero attached hydrogens (tertiary/aromatic N) is 4. The molecule has 0 unspecified atom stereocenters. The average Bonchev–Trinajstić information content (AvgIpc) is 3.23. The van der Waals surface area contributed by atoms with E-state index in [0.717, 1.165) is 9.56 Å². The maximum atomic E-state index is 14.3. The summed E-state index contributed by atoms with van der Waals surface area (Å²) in [5, 5.41) is 3.43. The molecule has 5 nitrogen and oxygen atoms in total. The summed E-state index contributed by atoms with van der Waals surface area (Å²) in [5.74, 6) is -1.60. The van der Waals surface area contributed by atoms with Crippen molar-refractivity contribution in [2.45, 2.75) is 38.4 Å². The Morgan fingerprint density at radius 3 is 2.69 bits per heavy atom. The van der Waals surface area contributed by atoms with Crippen molar-refractivity contribution in [2.24, 2.45) is 0 Å². The zero-order valence-electron chi connectivity index (χ0n) is 13.3. The second kappa shape index (κ2) is 5.88. The molecule has 0 bridgehead atoms. The Morgan fingerprint density at radius 2 is 2.08 bits per heavy atom. The maximum absolute atomic E-state index is 14.3. The van der Waals surface area contributed by atoms with Crippen molar-refractivity contribution in [2.75, 3.05) is 0 Å². The summed E-state index contributed by atoms with van der Waals surface area (Å²) < 4.78 is 56.2. The number of fused-ring (bicyclic) bond motifs is 1. The lowest BCUT2D eigenvalue weighted by molar-refractivity contribution is -0.143. The van der Waals surface area contributed by atoms with Crippen LogP contribution < -0.4 is 5.56 Å². The van der Waals surface area contributed by atoms with Crippen LogP contribution in [0.2, 0.25) is 0 Å². The molecule has 1 fully saturated rings. The number of thiazole rings is 1. The Kier molecular flexibility index (Phi) is 3.99. The second-order valence-electron chi connectivity index (χ2n) is 6.13. The minimum Gasteiger partial charge on any atom is -0.269 e. The first kappa shape index (κ1) is 17.7. The highest BCUT2D eigenvalue weighted by Crippen LogP contribution is 2.44. The first-order chi connectivity index (χ1) is 12.2. The zero-order valence-corrected chi connectivity index (χ0v) is 15.7. The molecular weight excluding hydrogens is 440 g/mol. The van der Waals surface area contributed by atoms with Crippen LogP contribution in [0, 0.1) is 12.7 Å². The molecule has 3 heterocycles. The smallest absolute Gasteiger partial charge is 0.269 e. The Balaban J connectivity index is 1.80. The van der Waals surface area contributed by atoms with Gasteiger partial charge in [0.05, 0.1) is 17.9 Å². The molecule has 1 aliphatic rings. The molecule has 0 aromatic carbocycles. The fraction of sp³-hybridized carbons (Fsp3) is 0.400. The molecule has 138 valence electrons. The van der Waals surface area contributed by atoms with Gasteiger partial charge in [0.15, 0.2) is 10.8 Å². The monoisotopic (exact) mass is 450 g/mol. The maximum Gasteiger partial charge on any atom is 0.438 e. The molecule has 0 radical (unpaired) electrons. The molecule has 26 heavy (non-hydrogen) atoms. The van der Waals surface area contributed by atoms with E-state index in [1.165, 1.54) is 21.8 Å².